The Morgan fingerprint density at radius 2 is 1.82 bits per heavy atom. The molecule has 0 bridgehead atoms. The quantitative estimate of drug-likeness (QED) is 0.288. The van der Waals surface area contributed by atoms with Gasteiger partial charge in [-0.15, -0.1) is 18.3 Å². The van der Waals surface area contributed by atoms with Gasteiger partial charge in [0, 0.05) is 16.3 Å². The normalized spacial score (nSPS) is 14.6. The summed E-state index contributed by atoms with van der Waals surface area (Å²) in [5.41, 5.74) is 2.96. The minimum Gasteiger partial charge on any atom is -0.406 e. The van der Waals surface area contributed by atoms with Crippen LogP contribution in [0, 0.1) is 6.92 Å². The average molecular weight is 587 g/mol. The SMILES string of the molecule is Cc1ccc(Cl)cc1N1C(=O)CS/C1=N\C(=O)Nc1ccc(-c2ncn(-c3ccc(OC(F)(F)F)cc3)n2)cc1. The molecule has 1 N–H and O–H groups in total. The first-order valence-corrected chi connectivity index (χ1v) is 12.9. The number of urea groups is 1. The number of benzene rings is 3. The Morgan fingerprint density at radius 3 is 2.52 bits per heavy atom. The number of aromatic nitrogens is 3. The number of carbonyl (C=O) groups is 2. The number of amidine groups is 1. The fourth-order valence-corrected chi connectivity index (χ4v) is 4.79. The number of rotatable bonds is 5. The van der Waals surface area contributed by atoms with Crippen molar-refractivity contribution < 1.29 is 27.5 Å². The van der Waals surface area contributed by atoms with E-state index in [2.05, 4.69) is 25.1 Å². The van der Waals surface area contributed by atoms with Crippen molar-refractivity contribution >= 4 is 51.8 Å². The van der Waals surface area contributed by atoms with Gasteiger partial charge in [0.05, 0.1) is 17.1 Å². The number of carbonyl (C=O) groups excluding carboxylic acids is 2. The van der Waals surface area contributed by atoms with E-state index in [4.69, 9.17) is 11.6 Å². The maximum atomic E-state index is 12.6. The van der Waals surface area contributed by atoms with E-state index in [1.807, 2.05) is 6.92 Å². The molecule has 1 aliphatic heterocycles. The van der Waals surface area contributed by atoms with E-state index in [0.29, 0.717) is 33.5 Å². The highest BCUT2D eigenvalue weighted by atomic mass is 35.5. The Balaban J connectivity index is 1.26. The minimum absolute atomic E-state index is 0.151. The zero-order chi connectivity index (χ0) is 28.4. The predicted octanol–water partition coefficient (Wildman–Crippen LogP) is 6.46. The van der Waals surface area contributed by atoms with Crippen LogP contribution in [0.5, 0.6) is 5.75 Å². The second kappa shape index (κ2) is 11.0. The molecular formula is C26H18ClF3N6O3S. The summed E-state index contributed by atoms with van der Waals surface area (Å²) in [6, 6.07) is 16.4. The number of nitrogens with one attached hydrogen (secondary N) is 1. The Kier molecular flexibility index (Phi) is 7.50. The van der Waals surface area contributed by atoms with E-state index in [1.165, 1.54) is 40.2 Å². The number of thioether (sulfide) groups is 1. The molecule has 1 fully saturated rings. The van der Waals surface area contributed by atoms with Crippen molar-refractivity contribution in [2.75, 3.05) is 16.0 Å². The molecule has 0 saturated carbocycles. The van der Waals surface area contributed by atoms with Crippen LogP contribution in [0.2, 0.25) is 5.02 Å². The summed E-state index contributed by atoms with van der Waals surface area (Å²) in [5.74, 6) is -0.0339. The Morgan fingerprint density at radius 1 is 1.10 bits per heavy atom. The predicted molar refractivity (Wildman–Crippen MR) is 146 cm³/mol. The monoisotopic (exact) mass is 586 g/mol. The molecule has 204 valence electrons. The van der Waals surface area contributed by atoms with E-state index in [0.717, 1.165) is 17.3 Å². The van der Waals surface area contributed by atoms with Crippen LogP contribution in [-0.4, -0.2) is 44.0 Å². The molecule has 1 saturated heterocycles. The third-order valence-electron chi connectivity index (χ3n) is 5.60. The highest BCUT2D eigenvalue weighted by Crippen LogP contribution is 2.31. The fraction of sp³-hybridized carbons (Fsp3) is 0.115. The first-order valence-electron chi connectivity index (χ1n) is 11.6. The van der Waals surface area contributed by atoms with Crippen LogP contribution < -0.4 is 15.0 Å². The molecule has 40 heavy (non-hydrogen) atoms. The van der Waals surface area contributed by atoms with Crippen LogP contribution in [0.15, 0.2) is 78.0 Å². The lowest BCUT2D eigenvalue weighted by atomic mass is 10.2. The van der Waals surface area contributed by atoms with Gasteiger partial charge < -0.3 is 10.1 Å². The van der Waals surface area contributed by atoms with Crippen molar-refractivity contribution in [1.29, 1.82) is 0 Å². The lowest BCUT2D eigenvalue weighted by Gasteiger charge is -2.18. The molecule has 0 atom stereocenters. The summed E-state index contributed by atoms with van der Waals surface area (Å²) in [4.78, 5) is 34.9. The molecule has 2 heterocycles. The molecule has 3 aromatic carbocycles. The molecule has 1 aliphatic rings. The molecule has 0 radical (unpaired) electrons. The maximum absolute atomic E-state index is 12.6. The summed E-state index contributed by atoms with van der Waals surface area (Å²) in [7, 11) is 0. The zero-order valence-corrected chi connectivity index (χ0v) is 22.1. The summed E-state index contributed by atoms with van der Waals surface area (Å²) < 4.78 is 42.4. The minimum atomic E-state index is -4.77. The van der Waals surface area contributed by atoms with Crippen LogP contribution in [0.1, 0.15) is 5.56 Å². The van der Waals surface area contributed by atoms with Gasteiger partial charge in [0.15, 0.2) is 11.0 Å². The second-order valence-electron chi connectivity index (χ2n) is 8.40. The van der Waals surface area contributed by atoms with Crippen molar-refractivity contribution in [1.82, 2.24) is 14.8 Å². The number of halogens is 4. The number of alkyl halides is 3. The standard InChI is InChI=1S/C26H18ClF3N6O3S/c1-15-2-5-17(27)12-21(15)36-22(37)13-40-25(36)33-24(38)32-18-6-3-16(4-7-18)23-31-14-35(34-23)19-8-10-20(11-9-19)39-26(28,29)30/h2-12,14H,13H2,1H3,(H,32,38)/b33-25-. The molecule has 5 rings (SSSR count). The smallest absolute Gasteiger partial charge is 0.406 e. The molecule has 0 spiro atoms. The van der Waals surface area contributed by atoms with Gasteiger partial charge in [0.2, 0.25) is 5.91 Å². The second-order valence-corrected chi connectivity index (χ2v) is 9.78. The average Bonchev–Trinajstić information content (AvgIpc) is 3.53. The van der Waals surface area contributed by atoms with E-state index in [-0.39, 0.29) is 22.6 Å². The van der Waals surface area contributed by atoms with Gasteiger partial charge in [0.25, 0.3) is 0 Å². The highest BCUT2D eigenvalue weighted by molar-refractivity contribution is 8.15. The third-order valence-corrected chi connectivity index (χ3v) is 6.75. The van der Waals surface area contributed by atoms with Crippen LogP contribution in [0.4, 0.5) is 29.3 Å². The number of hydrogen-bond acceptors (Lipinski definition) is 6. The largest absolute Gasteiger partial charge is 0.573 e. The lowest BCUT2D eigenvalue weighted by molar-refractivity contribution is -0.274. The number of aliphatic imine (C=N–C) groups is 1. The fourth-order valence-electron chi connectivity index (χ4n) is 3.77. The number of hydrogen-bond donors (Lipinski definition) is 1. The van der Waals surface area contributed by atoms with Gasteiger partial charge in [-0.05, 0) is 73.2 Å². The Labute approximate surface area is 234 Å². The summed E-state index contributed by atoms with van der Waals surface area (Å²) >= 11 is 7.26. The van der Waals surface area contributed by atoms with Crippen LogP contribution in [0.25, 0.3) is 17.1 Å². The third kappa shape index (κ3) is 6.26. The van der Waals surface area contributed by atoms with Crippen LogP contribution in [0.3, 0.4) is 0 Å². The summed E-state index contributed by atoms with van der Waals surface area (Å²) in [5, 5.41) is 7.73. The molecule has 0 unspecified atom stereocenters. The first kappa shape index (κ1) is 27.2. The van der Waals surface area contributed by atoms with Crippen molar-refractivity contribution in [3.05, 3.63) is 83.6 Å². The summed E-state index contributed by atoms with van der Waals surface area (Å²) in [6.07, 6.45) is -3.35. The number of anilines is 2. The van der Waals surface area contributed by atoms with Crippen LogP contribution >= 0.6 is 23.4 Å². The molecule has 4 aromatic rings. The van der Waals surface area contributed by atoms with Crippen molar-refractivity contribution in [3.8, 4) is 22.8 Å². The molecule has 14 heteroatoms. The van der Waals surface area contributed by atoms with Crippen LogP contribution in [-0.2, 0) is 4.79 Å². The number of nitrogens with zero attached hydrogens (tertiary/aromatic N) is 5. The van der Waals surface area contributed by atoms with Gasteiger partial charge in [0.1, 0.15) is 12.1 Å². The topological polar surface area (TPSA) is 102 Å². The Hall–Kier alpha value is -4.36. The molecule has 1 aromatic heterocycles. The lowest BCUT2D eigenvalue weighted by Crippen LogP contribution is -2.30. The van der Waals surface area contributed by atoms with Crippen molar-refractivity contribution in [2.24, 2.45) is 4.99 Å². The van der Waals surface area contributed by atoms with Gasteiger partial charge in [-0.25, -0.2) is 14.5 Å². The van der Waals surface area contributed by atoms with Crippen molar-refractivity contribution in [3.63, 3.8) is 0 Å². The molecule has 3 amide bonds. The van der Waals surface area contributed by atoms with Gasteiger partial charge in [-0.1, -0.05) is 29.4 Å². The van der Waals surface area contributed by atoms with Gasteiger partial charge >= 0.3 is 12.4 Å². The van der Waals surface area contributed by atoms with E-state index in [9.17, 15) is 22.8 Å². The van der Waals surface area contributed by atoms with E-state index >= 15 is 0 Å². The Bertz CT molecular complexity index is 1610. The maximum Gasteiger partial charge on any atom is 0.573 e. The highest BCUT2D eigenvalue weighted by Gasteiger charge is 2.32. The van der Waals surface area contributed by atoms with E-state index in [1.54, 1.807) is 42.5 Å². The van der Waals surface area contributed by atoms with E-state index < -0.39 is 12.4 Å². The molecule has 9 nitrogen and oxygen atoms in total. The zero-order valence-electron chi connectivity index (χ0n) is 20.5. The van der Waals surface area contributed by atoms with Crippen molar-refractivity contribution in [2.45, 2.75) is 13.3 Å². The molecule has 0 aliphatic carbocycles. The summed E-state index contributed by atoms with van der Waals surface area (Å²) in [6.45, 7) is 1.84. The van der Waals surface area contributed by atoms with Gasteiger partial charge in [-0.3, -0.25) is 9.69 Å². The molecular weight excluding hydrogens is 569 g/mol. The number of amides is 3. The number of aryl methyl sites for hydroxylation is 1. The van der Waals surface area contributed by atoms with Gasteiger partial charge in [-0.2, -0.15) is 4.99 Å². The first-order chi connectivity index (χ1) is 19.1. The number of ether oxygens (including phenoxy) is 1.